The summed E-state index contributed by atoms with van der Waals surface area (Å²) >= 11 is 0. The Kier molecular flexibility index (Phi) is 8.86. The van der Waals surface area contributed by atoms with Crippen LogP contribution in [-0.2, 0) is 23.1 Å². The second kappa shape index (κ2) is 12.7. The van der Waals surface area contributed by atoms with Crippen molar-refractivity contribution in [3.8, 4) is 6.07 Å². The van der Waals surface area contributed by atoms with Gasteiger partial charge in [-0.2, -0.15) is 5.26 Å². The Morgan fingerprint density at radius 2 is 1.53 bits per heavy atom. The highest BCUT2D eigenvalue weighted by Gasteiger charge is 2.54. The molecule has 2 aliphatic carbocycles. The topological polar surface area (TPSA) is 169 Å². The average molecular weight is 666 g/mol. The third kappa shape index (κ3) is 6.95. The second-order valence-electron chi connectivity index (χ2n) is 16.0. The SMILES string of the molecule is C[C@H](CC1(c2nnn[nH]2)c2ccc(C(=O)NC(C)(C)C)cc2CCc2cc(C(=O)NC(C)(C)C)ccc21)NCC(=O)N1[C@H](C#N)C[C@@H]2C[C@@H]21. The normalized spacial score (nSPS) is 21.3. The first-order chi connectivity index (χ1) is 23.1. The van der Waals surface area contributed by atoms with Crippen LogP contribution in [0.15, 0.2) is 36.4 Å². The number of nitrogens with one attached hydrogen (secondary N) is 4. The third-order valence-corrected chi connectivity index (χ3v) is 9.80. The van der Waals surface area contributed by atoms with Crippen LogP contribution in [0, 0.1) is 17.2 Å². The molecule has 1 aromatic heterocycles. The van der Waals surface area contributed by atoms with E-state index >= 15 is 0 Å². The Bertz CT molecular complexity index is 1720. The van der Waals surface area contributed by atoms with Gasteiger partial charge in [0.05, 0.1) is 18.0 Å². The van der Waals surface area contributed by atoms with E-state index in [9.17, 15) is 19.6 Å². The van der Waals surface area contributed by atoms with Crippen LogP contribution in [0.4, 0.5) is 0 Å². The number of nitriles is 1. The minimum Gasteiger partial charge on any atom is -0.347 e. The Balaban J connectivity index is 1.41. The summed E-state index contributed by atoms with van der Waals surface area (Å²) in [5, 5.41) is 34.8. The van der Waals surface area contributed by atoms with Crippen molar-refractivity contribution < 1.29 is 14.4 Å². The number of amides is 3. The summed E-state index contributed by atoms with van der Waals surface area (Å²) in [6.07, 6.45) is 3.44. The Hall–Kier alpha value is -4.63. The van der Waals surface area contributed by atoms with E-state index in [0.29, 0.717) is 42.1 Å². The number of fused-ring (bicyclic) bond motifs is 3. The van der Waals surface area contributed by atoms with Crippen LogP contribution < -0.4 is 16.0 Å². The van der Waals surface area contributed by atoms with E-state index in [2.05, 4.69) is 42.6 Å². The number of piperidine rings is 1. The molecule has 258 valence electrons. The molecule has 4 N–H and O–H groups in total. The lowest BCUT2D eigenvalue weighted by molar-refractivity contribution is -0.131. The summed E-state index contributed by atoms with van der Waals surface area (Å²) in [5.41, 5.74) is 3.26. The van der Waals surface area contributed by atoms with Gasteiger partial charge in [0.25, 0.3) is 11.8 Å². The third-order valence-electron chi connectivity index (χ3n) is 9.80. The standard InChI is InChI=1S/C37H47N9O3/c1-21(39-20-31(47)46-27(19-38)16-26-17-30(26)46)18-37(34-42-44-45-43-34)28-12-10-24(32(48)40-35(2,3)4)14-22(28)8-9-23-15-25(11-13-29(23)37)33(49)41-36(5,6)7/h10-15,21,26-27,30,39H,8-9,16-18,20H2,1-7H3,(H,40,48)(H,41,49)(H,42,43,44,45)/t21-,26-,27+,30+/m1/s1. The van der Waals surface area contributed by atoms with E-state index in [0.717, 1.165) is 35.1 Å². The van der Waals surface area contributed by atoms with Crippen LogP contribution in [0.2, 0.25) is 0 Å². The van der Waals surface area contributed by atoms with Gasteiger partial charge in [0.15, 0.2) is 5.82 Å². The van der Waals surface area contributed by atoms with Gasteiger partial charge >= 0.3 is 0 Å². The first-order valence-electron chi connectivity index (χ1n) is 17.2. The quantitative estimate of drug-likeness (QED) is 0.283. The number of H-pyrrole nitrogens is 1. The smallest absolute Gasteiger partial charge is 0.251 e. The van der Waals surface area contributed by atoms with Gasteiger partial charge in [0.1, 0.15) is 6.04 Å². The molecule has 3 aromatic rings. The van der Waals surface area contributed by atoms with Gasteiger partial charge in [-0.1, -0.05) is 12.1 Å². The van der Waals surface area contributed by atoms with Crippen molar-refractivity contribution in [2.24, 2.45) is 5.92 Å². The number of carbonyl (C=O) groups is 3. The summed E-state index contributed by atoms with van der Waals surface area (Å²) < 4.78 is 0. The van der Waals surface area contributed by atoms with Gasteiger partial charge in [0, 0.05) is 34.3 Å². The molecule has 0 spiro atoms. The number of nitrogens with zero attached hydrogens (tertiary/aromatic N) is 5. The number of carbonyl (C=O) groups excluding carboxylic acids is 3. The molecule has 3 amide bonds. The molecule has 4 atom stereocenters. The van der Waals surface area contributed by atoms with Crippen molar-refractivity contribution in [3.63, 3.8) is 0 Å². The number of benzene rings is 2. The van der Waals surface area contributed by atoms with Crippen LogP contribution in [0.3, 0.4) is 0 Å². The van der Waals surface area contributed by atoms with Crippen molar-refractivity contribution in [3.05, 3.63) is 75.6 Å². The molecule has 49 heavy (non-hydrogen) atoms. The predicted octanol–water partition coefficient (Wildman–Crippen LogP) is 3.57. The minimum absolute atomic E-state index is 0.0653. The van der Waals surface area contributed by atoms with Crippen molar-refractivity contribution in [2.45, 2.75) is 115 Å². The van der Waals surface area contributed by atoms with Crippen LogP contribution in [0.1, 0.15) is 117 Å². The predicted molar refractivity (Wildman–Crippen MR) is 184 cm³/mol. The molecule has 3 aliphatic rings. The lowest BCUT2D eigenvalue weighted by Crippen LogP contribution is -2.46. The number of aryl methyl sites for hydroxylation is 2. The second-order valence-corrected chi connectivity index (χ2v) is 16.0. The summed E-state index contributed by atoms with van der Waals surface area (Å²) in [7, 11) is 0. The minimum atomic E-state index is -0.914. The fourth-order valence-corrected chi connectivity index (χ4v) is 7.68. The molecule has 0 unspecified atom stereocenters. The molecular formula is C37H47N9O3. The summed E-state index contributed by atoms with van der Waals surface area (Å²) in [5.74, 6) is 0.589. The van der Waals surface area contributed by atoms with Crippen molar-refractivity contribution in [2.75, 3.05) is 6.54 Å². The lowest BCUT2D eigenvalue weighted by atomic mass is 9.67. The van der Waals surface area contributed by atoms with Crippen LogP contribution in [-0.4, -0.2) is 79.0 Å². The lowest BCUT2D eigenvalue weighted by Gasteiger charge is -2.37. The molecule has 2 aromatic carbocycles. The van der Waals surface area contributed by atoms with Gasteiger partial charge in [-0.15, -0.1) is 5.10 Å². The molecule has 6 rings (SSSR count). The molecule has 2 fully saturated rings. The Labute approximate surface area is 287 Å². The zero-order chi connectivity index (χ0) is 35.3. The van der Waals surface area contributed by atoms with E-state index in [1.807, 2.05) is 84.9 Å². The zero-order valence-corrected chi connectivity index (χ0v) is 29.5. The maximum Gasteiger partial charge on any atom is 0.251 e. The van der Waals surface area contributed by atoms with E-state index in [1.54, 1.807) is 4.90 Å². The number of aromatic amines is 1. The van der Waals surface area contributed by atoms with Gasteiger partial charge in [-0.25, -0.2) is 5.10 Å². The number of likely N-dealkylation sites (tertiary alicyclic amines) is 1. The van der Waals surface area contributed by atoms with E-state index in [-0.39, 0.29) is 42.4 Å². The van der Waals surface area contributed by atoms with Gasteiger partial charge in [-0.05, 0) is 143 Å². The first-order valence-corrected chi connectivity index (χ1v) is 17.2. The Morgan fingerprint density at radius 3 is 2.02 bits per heavy atom. The molecule has 1 saturated carbocycles. The fraction of sp³-hybridized carbons (Fsp3) is 0.541. The number of rotatable bonds is 8. The highest BCUT2D eigenvalue weighted by molar-refractivity contribution is 5.96. The van der Waals surface area contributed by atoms with Crippen LogP contribution in [0.5, 0.6) is 0 Å². The highest BCUT2D eigenvalue weighted by Crippen LogP contribution is 2.48. The fourth-order valence-electron chi connectivity index (χ4n) is 7.68. The van der Waals surface area contributed by atoms with E-state index < -0.39 is 16.5 Å². The molecule has 2 heterocycles. The zero-order valence-electron chi connectivity index (χ0n) is 29.5. The number of hydrogen-bond donors (Lipinski definition) is 4. The van der Waals surface area contributed by atoms with Crippen LogP contribution >= 0.6 is 0 Å². The van der Waals surface area contributed by atoms with Gasteiger partial charge < -0.3 is 20.9 Å². The molecule has 1 aliphatic heterocycles. The van der Waals surface area contributed by atoms with Gasteiger partial charge in [-0.3, -0.25) is 14.4 Å². The number of aromatic nitrogens is 4. The average Bonchev–Trinajstić information content (AvgIpc) is 3.41. The van der Waals surface area contributed by atoms with Gasteiger partial charge in [0.2, 0.25) is 5.91 Å². The first kappa shape index (κ1) is 34.2. The monoisotopic (exact) mass is 665 g/mol. The maximum absolute atomic E-state index is 13.4. The van der Waals surface area contributed by atoms with Crippen LogP contribution in [0.25, 0.3) is 0 Å². The highest BCUT2D eigenvalue weighted by atomic mass is 16.2. The summed E-state index contributed by atoms with van der Waals surface area (Å²) in [6, 6.07) is 13.5. The van der Waals surface area contributed by atoms with E-state index in [1.165, 1.54) is 0 Å². The summed E-state index contributed by atoms with van der Waals surface area (Å²) in [6.45, 7) is 13.8. The maximum atomic E-state index is 13.4. The van der Waals surface area contributed by atoms with Crippen molar-refractivity contribution in [1.82, 2.24) is 41.5 Å². The van der Waals surface area contributed by atoms with Crippen molar-refractivity contribution >= 4 is 17.7 Å². The number of hydrogen-bond acceptors (Lipinski definition) is 8. The molecule has 0 radical (unpaired) electrons. The Morgan fingerprint density at radius 1 is 0.959 bits per heavy atom. The molecule has 0 bridgehead atoms. The molecule has 12 nitrogen and oxygen atoms in total. The number of tetrazole rings is 1. The van der Waals surface area contributed by atoms with Crippen molar-refractivity contribution in [1.29, 1.82) is 5.26 Å². The molecule has 12 heteroatoms. The largest absolute Gasteiger partial charge is 0.347 e. The molecular weight excluding hydrogens is 618 g/mol. The summed E-state index contributed by atoms with van der Waals surface area (Å²) in [4.78, 5) is 41.8. The van der Waals surface area contributed by atoms with E-state index in [4.69, 9.17) is 0 Å². The molecule has 1 saturated heterocycles.